The molecule has 10 rings (SSSR count). The number of nitrogens with zero attached hydrogens (tertiary/aromatic N) is 9. The highest BCUT2D eigenvalue weighted by atomic mass is 19.3. The Labute approximate surface area is 341 Å². The summed E-state index contributed by atoms with van der Waals surface area (Å²) in [7, 11) is 1.63. The van der Waals surface area contributed by atoms with Gasteiger partial charge in [-0.3, -0.25) is 33.5 Å². The zero-order valence-electron chi connectivity index (χ0n) is 33.1. The van der Waals surface area contributed by atoms with E-state index in [1.807, 2.05) is 12.1 Å². The molecule has 0 radical (unpaired) electrons. The Kier molecular flexibility index (Phi) is 9.76. The topological polar surface area (TPSA) is 166 Å². The van der Waals surface area contributed by atoms with Crippen LogP contribution in [0.2, 0.25) is 0 Å². The van der Waals surface area contributed by atoms with E-state index in [2.05, 4.69) is 30.6 Å². The molecule has 4 aliphatic heterocycles. The van der Waals surface area contributed by atoms with Crippen molar-refractivity contribution in [3.63, 3.8) is 0 Å². The molecule has 0 spiro atoms. The highest BCUT2D eigenvalue weighted by Gasteiger charge is 2.40. The monoisotopic (exact) mass is 829 g/mol. The molecule has 19 heteroatoms. The minimum absolute atomic E-state index is 0.0539. The number of piperidine rings is 2. The average Bonchev–Trinajstić information content (AvgIpc) is 4.08. The van der Waals surface area contributed by atoms with Gasteiger partial charge in [0.05, 0.1) is 47.7 Å². The fourth-order valence-corrected chi connectivity index (χ4v) is 10.3. The molecule has 5 aromatic rings. The molecule has 3 amide bonds. The second kappa shape index (κ2) is 15.2. The van der Waals surface area contributed by atoms with Crippen molar-refractivity contribution in [3.8, 4) is 0 Å². The molecule has 4 aromatic heterocycles. The van der Waals surface area contributed by atoms with E-state index in [1.165, 1.54) is 26.0 Å². The van der Waals surface area contributed by atoms with Crippen LogP contribution in [0, 0.1) is 5.92 Å². The van der Waals surface area contributed by atoms with Crippen molar-refractivity contribution in [2.24, 2.45) is 13.0 Å². The number of anilines is 2. The van der Waals surface area contributed by atoms with Crippen molar-refractivity contribution in [1.82, 2.24) is 43.7 Å². The minimum Gasteiger partial charge on any atom is -0.374 e. The Morgan fingerprint density at radius 2 is 1.88 bits per heavy atom. The van der Waals surface area contributed by atoms with Gasteiger partial charge in [-0.15, -0.1) is 0 Å². The molecule has 60 heavy (non-hydrogen) atoms. The molecular weight excluding hydrogens is 784 g/mol. The largest absolute Gasteiger partial charge is 0.374 e. The van der Waals surface area contributed by atoms with E-state index in [0.717, 1.165) is 31.4 Å². The number of para-hydroxylation sites is 1. The summed E-state index contributed by atoms with van der Waals surface area (Å²) in [6, 6.07) is 6.53. The number of imidazole rings is 1. The zero-order valence-corrected chi connectivity index (χ0v) is 33.1. The van der Waals surface area contributed by atoms with Gasteiger partial charge in [0.15, 0.2) is 11.3 Å². The van der Waals surface area contributed by atoms with E-state index < -0.39 is 42.1 Å². The van der Waals surface area contributed by atoms with Gasteiger partial charge in [-0.25, -0.2) is 27.5 Å². The molecule has 5 atom stereocenters. The number of nitrogens with one attached hydrogen (secondary N) is 2. The first kappa shape index (κ1) is 38.6. The fraction of sp³-hybridized carbons (Fsp3) is 0.537. The van der Waals surface area contributed by atoms with Crippen molar-refractivity contribution >= 4 is 45.9 Å². The van der Waals surface area contributed by atoms with Crippen LogP contribution in [0.1, 0.15) is 97.4 Å². The number of amides is 3. The molecular formula is C41H46F3N11O5. The first-order chi connectivity index (χ1) is 29.0. The van der Waals surface area contributed by atoms with Crippen LogP contribution in [-0.2, 0) is 21.4 Å². The standard InChI is InChI=1S/C41H46F3N11O5/c1-50-36-27(3-2-4-31(36)55(41(50)59)32-9-10-34(56)48-40(32)58)26-11-13-51(19-29(26)42)17-22-5-7-23(8-6-22)54-20-30(35(49-54)37(43)44)46-39(57)28-16-45-53-14-12-33(47-38(28)53)52-18-25-15-24(52)21-60-25/h2-4,12,14,16,20,22-26,29,32,37H,5-11,13,15,17-19,21H2,1H3,(H,46,57)(H,48,56,58)/t22?,23?,24-,25-,26-,29+,32?/m1/s1. The predicted octanol–water partition coefficient (Wildman–Crippen LogP) is 4.28. The number of benzene rings is 1. The third kappa shape index (κ3) is 6.74. The van der Waals surface area contributed by atoms with E-state index in [9.17, 15) is 28.0 Å². The summed E-state index contributed by atoms with van der Waals surface area (Å²) < 4.78 is 56.5. The Morgan fingerprint density at radius 1 is 1.05 bits per heavy atom. The lowest BCUT2D eigenvalue weighted by atomic mass is 9.83. The summed E-state index contributed by atoms with van der Waals surface area (Å²) in [5.74, 6) is -0.923. The lowest BCUT2D eigenvalue weighted by Gasteiger charge is -2.38. The second-order valence-electron chi connectivity index (χ2n) is 17.0. The lowest BCUT2D eigenvalue weighted by Crippen LogP contribution is -2.44. The highest BCUT2D eigenvalue weighted by Crippen LogP contribution is 2.39. The highest BCUT2D eigenvalue weighted by molar-refractivity contribution is 6.08. The molecule has 2 N–H and O–H groups in total. The van der Waals surface area contributed by atoms with Crippen LogP contribution in [0.15, 0.2) is 47.7 Å². The first-order valence-corrected chi connectivity index (χ1v) is 20.8. The van der Waals surface area contributed by atoms with Gasteiger partial charge in [-0.2, -0.15) is 10.2 Å². The molecule has 2 bridgehead atoms. The van der Waals surface area contributed by atoms with E-state index >= 15 is 4.39 Å². The third-order valence-corrected chi connectivity index (χ3v) is 13.4. The number of halogens is 3. The number of aryl methyl sites for hydroxylation is 1. The fourth-order valence-electron chi connectivity index (χ4n) is 10.3. The number of hydrogen-bond donors (Lipinski definition) is 2. The van der Waals surface area contributed by atoms with Crippen molar-refractivity contribution in [1.29, 1.82) is 0 Å². The number of likely N-dealkylation sites (tertiary alicyclic amines) is 1. The molecule has 4 saturated heterocycles. The summed E-state index contributed by atoms with van der Waals surface area (Å²) in [5.41, 5.74) is 1.44. The van der Waals surface area contributed by atoms with Crippen LogP contribution >= 0.6 is 0 Å². The molecule has 1 saturated carbocycles. The maximum absolute atomic E-state index is 16.2. The summed E-state index contributed by atoms with van der Waals surface area (Å²) in [5, 5.41) is 13.5. The summed E-state index contributed by atoms with van der Waals surface area (Å²) >= 11 is 0. The molecule has 8 heterocycles. The first-order valence-electron chi connectivity index (χ1n) is 20.8. The van der Waals surface area contributed by atoms with E-state index in [0.29, 0.717) is 61.5 Å². The van der Waals surface area contributed by atoms with Crippen LogP contribution in [0.25, 0.3) is 16.7 Å². The molecule has 1 aromatic carbocycles. The maximum Gasteiger partial charge on any atom is 0.329 e. The third-order valence-electron chi connectivity index (χ3n) is 13.4. The van der Waals surface area contributed by atoms with Crippen LogP contribution < -0.4 is 21.2 Å². The van der Waals surface area contributed by atoms with Crippen LogP contribution in [0.3, 0.4) is 0 Å². The SMILES string of the molecule is Cn1c(=O)n(C2CCC(=O)NC2=O)c2cccc([C@H]3CCN(CC4CCC(n5cc(NC(=O)c6cnn7ccc(N8C[C@H]9C[C@@H]8CO9)nc67)c(C(F)F)n5)CC4)C[C@@H]3F)c21. The number of imide groups is 1. The molecule has 16 nitrogen and oxygen atoms in total. The van der Waals surface area contributed by atoms with Gasteiger partial charge in [-0.05, 0) is 75.1 Å². The number of morpholine rings is 1. The Hall–Kier alpha value is -5.56. The van der Waals surface area contributed by atoms with Gasteiger partial charge in [0, 0.05) is 51.4 Å². The van der Waals surface area contributed by atoms with Gasteiger partial charge in [0.1, 0.15) is 23.6 Å². The van der Waals surface area contributed by atoms with Gasteiger partial charge in [0.25, 0.3) is 12.3 Å². The van der Waals surface area contributed by atoms with Crippen LogP contribution in [0.5, 0.6) is 0 Å². The molecule has 5 fully saturated rings. The van der Waals surface area contributed by atoms with Crippen molar-refractivity contribution in [2.45, 2.75) is 94.1 Å². The number of hydrogen-bond acceptors (Lipinski definition) is 10. The lowest BCUT2D eigenvalue weighted by molar-refractivity contribution is -0.135. The smallest absolute Gasteiger partial charge is 0.329 e. The number of aromatic nitrogens is 7. The number of ether oxygens (including phenoxy) is 1. The normalized spacial score (nSPS) is 27.4. The van der Waals surface area contributed by atoms with E-state index in [1.54, 1.807) is 30.1 Å². The summed E-state index contributed by atoms with van der Waals surface area (Å²) in [4.78, 5) is 60.5. The van der Waals surface area contributed by atoms with Crippen molar-refractivity contribution in [3.05, 3.63) is 70.2 Å². The summed E-state index contributed by atoms with van der Waals surface area (Å²) in [6.45, 7) is 2.96. The Balaban J connectivity index is 0.771. The average molecular weight is 830 g/mol. The van der Waals surface area contributed by atoms with Gasteiger partial charge >= 0.3 is 5.69 Å². The van der Waals surface area contributed by atoms with Crippen molar-refractivity contribution in [2.75, 3.05) is 43.0 Å². The second-order valence-corrected chi connectivity index (χ2v) is 17.0. The zero-order chi connectivity index (χ0) is 41.4. The van der Waals surface area contributed by atoms with Crippen LogP contribution in [-0.4, -0.2) is 107 Å². The molecule has 1 unspecified atom stereocenters. The van der Waals surface area contributed by atoms with E-state index in [-0.39, 0.29) is 66.3 Å². The number of rotatable bonds is 9. The number of alkyl halides is 3. The van der Waals surface area contributed by atoms with Gasteiger partial charge in [0.2, 0.25) is 11.8 Å². The maximum atomic E-state index is 16.2. The number of carbonyl (C=O) groups is 3. The van der Waals surface area contributed by atoms with Crippen LogP contribution in [0.4, 0.5) is 24.7 Å². The molecule has 1 aliphatic carbocycles. The number of carbonyl (C=O) groups excluding carboxylic acids is 3. The summed E-state index contributed by atoms with van der Waals surface area (Å²) in [6.07, 6.45) is 5.53. The molecule has 5 aliphatic rings. The quantitative estimate of drug-likeness (QED) is 0.205. The molecule has 316 valence electrons. The minimum atomic E-state index is -2.90. The predicted molar refractivity (Wildman–Crippen MR) is 212 cm³/mol. The van der Waals surface area contributed by atoms with Gasteiger partial charge in [-0.1, -0.05) is 12.1 Å². The Morgan fingerprint density at radius 3 is 2.62 bits per heavy atom. The number of fused-ring (bicyclic) bond motifs is 4. The van der Waals surface area contributed by atoms with Gasteiger partial charge < -0.3 is 19.9 Å². The van der Waals surface area contributed by atoms with Crippen molar-refractivity contribution < 1.29 is 32.3 Å². The van der Waals surface area contributed by atoms with E-state index in [4.69, 9.17) is 9.72 Å². The Bertz CT molecular complexity index is 2560.